The lowest BCUT2D eigenvalue weighted by molar-refractivity contribution is -0.153. The molecule has 0 aliphatic heterocycles. The Hall–Kier alpha value is -1.31. The molecule has 0 aliphatic carbocycles. The molecule has 1 N–H and O–H groups in total. The minimum atomic E-state index is -4.48. The van der Waals surface area contributed by atoms with Crippen molar-refractivity contribution in [3.8, 4) is 5.75 Å². The van der Waals surface area contributed by atoms with Crippen molar-refractivity contribution in [1.82, 2.24) is 4.98 Å². The Labute approximate surface area is 96.2 Å². The van der Waals surface area contributed by atoms with Crippen molar-refractivity contribution in [3.63, 3.8) is 0 Å². The Morgan fingerprint density at radius 2 is 2.19 bits per heavy atom. The van der Waals surface area contributed by atoms with Crippen LogP contribution in [0, 0.1) is 0 Å². The maximum atomic E-state index is 11.9. The average molecular weight is 300 g/mol. The Morgan fingerprint density at radius 3 is 2.69 bits per heavy atom. The van der Waals surface area contributed by atoms with Gasteiger partial charge in [-0.2, -0.15) is 13.2 Å². The van der Waals surface area contributed by atoms with Gasteiger partial charge in [-0.25, -0.2) is 9.78 Å². The van der Waals surface area contributed by atoms with Crippen molar-refractivity contribution in [3.05, 3.63) is 22.4 Å². The van der Waals surface area contributed by atoms with Crippen LogP contribution in [0.2, 0.25) is 0 Å². The number of carboxylic acids is 1. The van der Waals surface area contributed by atoms with Gasteiger partial charge >= 0.3 is 12.1 Å². The summed E-state index contributed by atoms with van der Waals surface area (Å²) in [7, 11) is 0. The van der Waals surface area contributed by atoms with Gasteiger partial charge < -0.3 is 9.84 Å². The lowest BCUT2D eigenvalue weighted by atomic mass is 10.3. The van der Waals surface area contributed by atoms with Crippen molar-refractivity contribution in [1.29, 1.82) is 0 Å². The van der Waals surface area contributed by atoms with Crippen molar-refractivity contribution in [2.45, 2.75) is 6.18 Å². The van der Waals surface area contributed by atoms with Crippen LogP contribution in [0.15, 0.2) is 16.7 Å². The van der Waals surface area contributed by atoms with Crippen LogP contribution in [0.1, 0.15) is 10.5 Å². The van der Waals surface area contributed by atoms with E-state index in [-0.39, 0.29) is 15.9 Å². The molecule has 4 nitrogen and oxygen atoms in total. The summed E-state index contributed by atoms with van der Waals surface area (Å²) in [6.07, 6.45) is -3.42. The summed E-state index contributed by atoms with van der Waals surface area (Å²) in [5.74, 6) is -1.56. The van der Waals surface area contributed by atoms with E-state index in [1.807, 2.05) is 0 Å². The van der Waals surface area contributed by atoms with E-state index in [2.05, 4.69) is 25.7 Å². The van der Waals surface area contributed by atoms with Crippen molar-refractivity contribution >= 4 is 21.9 Å². The van der Waals surface area contributed by atoms with Gasteiger partial charge in [0.25, 0.3) is 0 Å². The maximum Gasteiger partial charge on any atom is 0.422 e. The van der Waals surface area contributed by atoms with Gasteiger partial charge in [0.15, 0.2) is 12.3 Å². The van der Waals surface area contributed by atoms with Gasteiger partial charge in [0.2, 0.25) is 0 Å². The normalized spacial score (nSPS) is 11.2. The molecular formula is C8H5BrF3NO3. The summed E-state index contributed by atoms with van der Waals surface area (Å²) in [5, 5.41) is 8.57. The molecular weight excluding hydrogens is 295 g/mol. The number of aromatic nitrogens is 1. The van der Waals surface area contributed by atoms with Crippen molar-refractivity contribution in [2.75, 3.05) is 6.61 Å². The van der Waals surface area contributed by atoms with E-state index in [0.29, 0.717) is 0 Å². The molecule has 0 aliphatic rings. The summed E-state index contributed by atoms with van der Waals surface area (Å²) in [5.41, 5.74) is -0.389. The van der Waals surface area contributed by atoms with E-state index in [1.165, 1.54) is 0 Å². The number of alkyl halides is 3. The number of ether oxygens (including phenoxy) is 1. The third-order valence-electron chi connectivity index (χ3n) is 1.43. The van der Waals surface area contributed by atoms with Gasteiger partial charge in [-0.15, -0.1) is 0 Å². The highest BCUT2D eigenvalue weighted by Gasteiger charge is 2.29. The predicted octanol–water partition coefficient (Wildman–Crippen LogP) is 2.48. The van der Waals surface area contributed by atoms with E-state index in [9.17, 15) is 18.0 Å². The monoisotopic (exact) mass is 299 g/mol. The second kappa shape index (κ2) is 4.69. The Bertz CT molecular complexity index is 408. The first kappa shape index (κ1) is 12.8. The zero-order valence-corrected chi connectivity index (χ0v) is 9.17. The predicted molar refractivity (Wildman–Crippen MR) is 50.4 cm³/mol. The van der Waals surface area contributed by atoms with E-state index < -0.39 is 18.8 Å². The van der Waals surface area contributed by atoms with Crippen LogP contribution in [0.25, 0.3) is 0 Å². The van der Waals surface area contributed by atoms with Crippen LogP contribution in [-0.4, -0.2) is 28.8 Å². The highest BCUT2D eigenvalue weighted by atomic mass is 79.9. The number of hydrogen-bond acceptors (Lipinski definition) is 3. The van der Waals surface area contributed by atoms with Gasteiger partial charge in [0.05, 0.1) is 4.47 Å². The third-order valence-corrected chi connectivity index (χ3v) is 2.03. The molecule has 1 aromatic rings. The number of nitrogens with zero attached hydrogens (tertiary/aromatic N) is 1. The maximum absolute atomic E-state index is 11.9. The smallest absolute Gasteiger partial charge is 0.422 e. The minimum Gasteiger partial charge on any atom is -0.483 e. The topological polar surface area (TPSA) is 59.4 Å². The largest absolute Gasteiger partial charge is 0.483 e. The van der Waals surface area contributed by atoms with Gasteiger partial charge in [-0.05, 0) is 15.9 Å². The lowest BCUT2D eigenvalue weighted by Crippen LogP contribution is -2.19. The molecule has 0 fully saturated rings. The first-order valence-corrected chi connectivity index (χ1v) is 4.67. The second-order valence-corrected chi connectivity index (χ2v) is 3.56. The van der Waals surface area contributed by atoms with Crippen molar-refractivity contribution < 1.29 is 27.8 Å². The standard InChI is InChI=1S/C8H5BrF3NO3/c9-4-2-13-5(7(14)15)1-6(4)16-3-8(10,11)12/h1-2H,3H2,(H,14,15). The molecule has 1 aromatic heterocycles. The van der Waals surface area contributed by atoms with Gasteiger partial charge in [0.1, 0.15) is 5.75 Å². The number of rotatable bonds is 3. The number of carbonyl (C=O) groups is 1. The Morgan fingerprint density at radius 1 is 1.56 bits per heavy atom. The van der Waals surface area contributed by atoms with Crippen LogP contribution in [-0.2, 0) is 0 Å². The van der Waals surface area contributed by atoms with Crippen LogP contribution in [0.5, 0.6) is 5.75 Å². The highest BCUT2D eigenvalue weighted by molar-refractivity contribution is 9.10. The fraction of sp³-hybridized carbons (Fsp3) is 0.250. The van der Waals surface area contributed by atoms with Crippen LogP contribution < -0.4 is 4.74 Å². The van der Waals surface area contributed by atoms with E-state index >= 15 is 0 Å². The molecule has 0 bridgehead atoms. The van der Waals surface area contributed by atoms with E-state index in [4.69, 9.17) is 5.11 Å². The zero-order chi connectivity index (χ0) is 12.3. The number of carboxylic acid groups (broad SMARTS) is 1. The fourth-order valence-corrected chi connectivity index (χ4v) is 1.14. The van der Waals surface area contributed by atoms with Crippen LogP contribution in [0.3, 0.4) is 0 Å². The molecule has 0 saturated heterocycles. The number of halogens is 4. The molecule has 88 valence electrons. The summed E-state index contributed by atoms with van der Waals surface area (Å²) < 4.78 is 40.2. The molecule has 1 rings (SSSR count). The third kappa shape index (κ3) is 3.69. The first-order valence-electron chi connectivity index (χ1n) is 3.88. The molecule has 0 spiro atoms. The molecule has 0 amide bonds. The van der Waals surface area contributed by atoms with Gasteiger partial charge in [0, 0.05) is 12.3 Å². The van der Waals surface area contributed by atoms with Crippen LogP contribution in [0.4, 0.5) is 13.2 Å². The van der Waals surface area contributed by atoms with Crippen molar-refractivity contribution in [2.24, 2.45) is 0 Å². The Kier molecular flexibility index (Phi) is 3.74. The van der Waals surface area contributed by atoms with E-state index in [0.717, 1.165) is 12.3 Å². The van der Waals surface area contributed by atoms with Crippen LogP contribution >= 0.6 is 15.9 Å². The zero-order valence-electron chi connectivity index (χ0n) is 7.58. The molecule has 1 heterocycles. The second-order valence-electron chi connectivity index (χ2n) is 2.71. The quantitative estimate of drug-likeness (QED) is 0.931. The Balaban J connectivity index is 2.86. The number of aromatic carboxylic acids is 1. The molecule has 0 radical (unpaired) electrons. The lowest BCUT2D eigenvalue weighted by Gasteiger charge is -2.10. The summed E-state index contributed by atoms with van der Waals surface area (Å²) in [6.45, 7) is -1.49. The molecule has 0 unspecified atom stereocenters. The SMILES string of the molecule is O=C(O)c1cc(OCC(F)(F)F)c(Br)cn1. The molecule has 0 saturated carbocycles. The fourth-order valence-electron chi connectivity index (χ4n) is 0.807. The van der Waals surface area contributed by atoms with Gasteiger partial charge in [-0.1, -0.05) is 0 Å². The van der Waals surface area contributed by atoms with Gasteiger partial charge in [-0.3, -0.25) is 0 Å². The summed E-state index contributed by atoms with van der Waals surface area (Å²) in [6, 6.07) is 0.915. The molecule has 0 atom stereocenters. The molecule has 16 heavy (non-hydrogen) atoms. The number of hydrogen-bond donors (Lipinski definition) is 1. The first-order chi connectivity index (χ1) is 7.29. The summed E-state index contributed by atoms with van der Waals surface area (Å²) in [4.78, 5) is 14.0. The molecule has 8 heteroatoms. The molecule has 0 aromatic carbocycles. The summed E-state index contributed by atoms with van der Waals surface area (Å²) >= 11 is 2.90. The average Bonchev–Trinajstić information content (AvgIpc) is 2.14. The number of pyridine rings is 1. The highest BCUT2D eigenvalue weighted by Crippen LogP contribution is 2.26. The van der Waals surface area contributed by atoms with E-state index in [1.54, 1.807) is 0 Å². The minimum absolute atomic E-state index is 0.154.